The highest BCUT2D eigenvalue weighted by Gasteiger charge is 2.12. The molecule has 2 N–H and O–H groups in total. The number of amides is 2. The number of hydrogen-bond donors (Lipinski definition) is 2. The SMILES string of the molecule is CCc1ccc(C(=O)CCC(=O)Nc2nc(-c3ccc(CCCNC(C)=O)cc3)cs2)cc1. The molecule has 0 bridgehead atoms. The number of carbonyl (C=O) groups is 3. The number of Topliss-reactive ketones (excluding diaryl/α,β-unsaturated/α-hetero) is 1. The topological polar surface area (TPSA) is 88.2 Å². The maximum Gasteiger partial charge on any atom is 0.226 e. The van der Waals surface area contributed by atoms with Crippen LogP contribution in [0.25, 0.3) is 11.3 Å². The summed E-state index contributed by atoms with van der Waals surface area (Å²) in [5.74, 6) is -0.265. The second kappa shape index (κ2) is 12.1. The molecule has 0 fully saturated rings. The molecule has 0 radical (unpaired) electrons. The van der Waals surface area contributed by atoms with Gasteiger partial charge in [-0.25, -0.2) is 4.98 Å². The molecule has 2 amide bonds. The lowest BCUT2D eigenvalue weighted by Crippen LogP contribution is -2.21. The third-order valence-electron chi connectivity index (χ3n) is 5.28. The summed E-state index contributed by atoms with van der Waals surface area (Å²) in [6.07, 6.45) is 2.99. The molecule has 0 atom stereocenters. The molecular weight excluding hydrogens is 434 g/mol. The molecule has 3 aromatic rings. The van der Waals surface area contributed by atoms with Crippen molar-refractivity contribution in [2.24, 2.45) is 0 Å². The predicted octanol–water partition coefficient (Wildman–Crippen LogP) is 5.04. The van der Waals surface area contributed by atoms with E-state index in [2.05, 4.69) is 34.7 Å². The van der Waals surface area contributed by atoms with E-state index >= 15 is 0 Å². The van der Waals surface area contributed by atoms with Gasteiger partial charge in [0.1, 0.15) is 0 Å². The zero-order valence-corrected chi connectivity index (χ0v) is 19.8. The van der Waals surface area contributed by atoms with Crippen LogP contribution in [0.15, 0.2) is 53.9 Å². The molecule has 33 heavy (non-hydrogen) atoms. The smallest absolute Gasteiger partial charge is 0.226 e. The van der Waals surface area contributed by atoms with Gasteiger partial charge >= 0.3 is 0 Å². The lowest BCUT2D eigenvalue weighted by molar-refractivity contribution is -0.119. The molecule has 0 saturated carbocycles. The third-order valence-corrected chi connectivity index (χ3v) is 6.04. The molecule has 0 aliphatic carbocycles. The van der Waals surface area contributed by atoms with E-state index in [0.717, 1.165) is 30.5 Å². The maximum absolute atomic E-state index is 12.3. The number of thiazole rings is 1. The van der Waals surface area contributed by atoms with Crippen molar-refractivity contribution >= 4 is 34.1 Å². The van der Waals surface area contributed by atoms with Gasteiger partial charge in [-0.2, -0.15) is 0 Å². The van der Waals surface area contributed by atoms with Crippen molar-refractivity contribution in [2.45, 2.75) is 46.0 Å². The number of nitrogens with zero attached hydrogens (tertiary/aromatic N) is 1. The quantitative estimate of drug-likeness (QED) is 0.308. The molecular formula is C26H29N3O3S. The van der Waals surface area contributed by atoms with Gasteiger partial charge in [-0.1, -0.05) is 55.5 Å². The molecule has 6 nitrogen and oxygen atoms in total. The molecule has 0 spiro atoms. The van der Waals surface area contributed by atoms with Gasteiger partial charge in [-0.05, 0) is 30.4 Å². The Hall–Kier alpha value is -3.32. The number of rotatable bonds is 11. The fourth-order valence-electron chi connectivity index (χ4n) is 3.34. The molecule has 1 aromatic heterocycles. The van der Waals surface area contributed by atoms with Crippen molar-refractivity contribution in [2.75, 3.05) is 11.9 Å². The Morgan fingerprint density at radius 3 is 2.30 bits per heavy atom. The zero-order valence-electron chi connectivity index (χ0n) is 19.0. The average Bonchev–Trinajstić information content (AvgIpc) is 3.29. The predicted molar refractivity (Wildman–Crippen MR) is 133 cm³/mol. The van der Waals surface area contributed by atoms with E-state index in [9.17, 15) is 14.4 Å². The van der Waals surface area contributed by atoms with Crippen molar-refractivity contribution in [3.05, 3.63) is 70.6 Å². The summed E-state index contributed by atoms with van der Waals surface area (Å²) < 4.78 is 0. The maximum atomic E-state index is 12.3. The minimum absolute atomic E-state index is 0.00919. The van der Waals surface area contributed by atoms with Crippen LogP contribution in [0.1, 0.15) is 54.6 Å². The number of ketones is 1. The molecule has 0 saturated heterocycles. The van der Waals surface area contributed by atoms with Crippen molar-refractivity contribution < 1.29 is 14.4 Å². The van der Waals surface area contributed by atoms with E-state index in [-0.39, 0.29) is 30.4 Å². The Morgan fingerprint density at radius 2 is 1.64 bits per heavy atom. The Balaban J connectivity index is 1.47. The van der Waals surface area contributed by atoms with Crippen molar-refractivity contribution in [3.63, 3.8) is 0 Å². The second-order valence-corrected chi connectivity index (χ2v) is 8.70. The Bertz CT molecular complexity index is 1090. The average molecular weight is 464 g/mol. The molecule has 0 unspecified atom stereocenters. The molecule has 0 aliphatic rings. The van der Waals surface area contributed by atoms with Gasteiger partial charge in [0.2, 0.25) is 11.8 Å². The lowest BCUT2D eigenvalue weighted by atomic mass is 10.0. The fraction of sp³-hybridized carbons (Fsp3) is 0.308. The van der Waals surface area contributed by atoms with Crippen LogP contribution in [0.3, 0.4) is 0 Å². The molecule has 0 aliphatic heterocycles. The van der Waals surface area contributed by atoms with Gasteiger partial charge in [0.05, 0.1) is 5.69 Å². The largest absolute Gasteiger partial charge is 0.356 e. The number of aryl methyl sites for hydroxylation is 2. The first-order valence-corrected chi connectivity index (χ1v) is 12.0. The van der Waals surface area contributed by atoms with Gasteiger partial charge in [-0.15, -0.1) is 11.3 Å². The van der Waals surface area contributed by atoms with Gasteiger partial charge < -0.3 is 10.6 Å². The molecule has 1 heterocycles. The van der Waals surface area contributed by atoms with E-state index in [1.165, 1.54) is 29.4 Å². The summed E-state index contributed by atoms with van der Waals surface area (Å²) in [7, 11) is 0. The van der Waals surface area contributed by atoms with E-state index in [1.54, 1.807) is 0 Å². The number of nitrogens with one attached hydrogen (secondary N) is 2. The first-order valence-electron chi connectivity index (χ1n) is 11.2. The third kappa shape index (κ3) is 7.64. The van der Waals surface area contributed by atoms with Crippen LogP contribution in [0, 0.1) is 0 Å². The Labute approximate surface area is 198 Å². The van der Waals surface area contributed by atoms with Crippen LogP contribution in [-0.2, 0) is 22.4 Å². The second-order valence-electron chi connectivity index (χ2n) is 7.84. The van der Waals surface area contributed by atoms with Crippen LogP contribution in [0.5, 0.6) is 0 Å². The summed E-state index contributed by atoms with van der Waals surface area (Å²) in [5.41, 5.74) is 4.78. The van der Waals surface area contributed by atoms with Gasteiger partial charge in [0, 0.05) is 42.8 Å². The summed E-state index contributed by atoms with van der Waals surface area (Å²) in [5, 5.41) is 8.02. The minimum Gasteiger partial charge on any atom is -0.356 e. The molecule has 172 valence electrons. The monoisotopic (exact) mass is 463 g/mol. The normalized spacial score (nSPS) is 10.6. The van der Waals surface area contributed by atoms with Crippen LogP contribution < -0.4 is 10.6 Å². The standard InChI is InChI=1S/C26H29N3O3S/c1-3-19-6-12-22(13-7-19)24(31)14-15-25(32)29-26-28-23(17-33-26)21-10-8-20(9-11-21)5-4-16-27-18(2)30/h6-13,17H,3-5,14-16H2,1-2H3,(H,27,30)(H,28,29,32). The Morgan fingerprint density at radius 1 is 0.939 bits per heavy atom. The van der Waals surface area contributed by atoms with Crippen LogP contribution in [0.4, 0.5) is 5.13 Å². The van der Waals surface area contributed by atoms with E-state index in [0.29, 0.717) is 17.2 Å². The van der Waals surface area contributed by atoms with Crippen LogP contribution >= 0.6 is 11.3 Å². The minimum atomic E-state index is -0.219. The van der Waals surface area contributed by atoms with Gasteiger partial charge in [-0.3, -0.25) is 14.4 Å². The first-order chi connectivity index (χ1) is 15.9. The molecule has 7 heteroatoms. The molecule has 3 rings (SSSR count). The molecule has 2 aromatic carbocycles. The van der Waals surface area contributed by atoms with Gasteiger partial charge in [0.15, 0.2) is 10.9 Å². The van der Waals surface area contributed by atoms with E-state index in [4.69, 9.17) is 0 Å². The van der Waals surface area contributed by atoms with Crippen molar-refractivity contribution in [3.8, 4) is 11.3 Å². The number of carbonyl (C=O) groups excluding carboxylic acids is 3. The van der Waals surface area contributed by atoms with Crippen LogP contribution in [0.2, 0.25) is 0 Å². The number of benzene rings is 2. The van der Waals surface area contributed by atoms with Crippen molar-refractivity contribution in [1.29, 1.82) is 0 Å². The van der Waals surface area contributed by atoms with Crippen LogP contribution in [-0.4, -0.2) is 29.1 Å². The number of anilines is 1. The highest BCUT2D eigenvalue weighted by atomic mass is 32.1. The fourth-order valence-corrected chi connectivity index (χ4v) is 4.08. The first kappa shape index (κ1) is 24.3. The summed E-state index contributed by atoms with van der Waals surface area (Å²) >= 11 is 1.36. The number of hydrogen-bond acceptors (Lipinski definition) is 5. The lowest BCUT2D eigenvalue weighted by Gasteiger charge is -2.04. The van der Waals surface area contributed by atoms with Gasteiger partial charge in [0.25, 0.3) is 0 Å². The Kier molecular flexibility index (Phi) is 8.89. The summed E-state index contributed by atoms with van der Waals surface area (Å²) in [6, 6.07) is 15.7. The number of aromatic nitrogens is 1. The van der Waals surface area contributed by atoms with Crippen molar-refractivity contribution in [1.82, 2.24) is 10.3 Å². The zero-order chi connectivity index (χ0) is 23.6. The summed E-state index contributed by atoms with van der Waals surface area (Å²) in [4.78, 5) is 40.0. The van der Waals surface area contributed by atoms with E-state index < -0.39 is 0 Å². The van der Waals surface area contributed by atoms with E-state index in [1.807, 2.05) is 41.8 Å². The highest BCUT2D eigenvalue weighted by molar-refractivity contribution is 7.14. The highest BCUT2D eigenvalue weighted by Crippen LogP contribution is 2.25. The summed E-state index contributed by atoms with van der Waals surface area (Å²) in [6.45, 7) is 4.26.